The molecule has 78 valence electrons. The second kappa shape index (κ2) is 3.81. The van der Waals surface area contributed by atoms with Crippen LogP contribution in [0.15, 0.2) is 35.8 Å². The first-order chi connectivity index (χ1) is 7.84. The lowest BCUT2D eigenvalue weighted by atomic mass is 10.2. The number of hydrogen-bond acceptors (Lipinski definition) is 4. The summed E-state index contributed by atoms with van der Waals surface area (Å²) in [5.74, 6) is 0.574. The Morgan fingerprint density at radius 2 is 2.06 bits per heavy atom. The molecule has 0 saturated carbocycles. The first-order valence-corrected chi connectivity index (χ1v) is 5.92. The molecular weight excluding hydrogens is 242 g/mol. The van der Waals surface area contributed by atoms with Crippen molar-refractivity contribution in [2.75, 3.05) is 0 Å². The van der Waals surface area contributed by atoms with Gasteiger partial charge in [-0.25, -0.2) is 4.98 Å². The number of aromatic nitrogens is 3. The van der Waals surface area contributed by atoms with E-state index in [1.165, 1.54) is 10.9 Å². The average molecular weight is 248 g/mol. The van der Waals surface area contributed by atoms with E-state index in [0.717, 1.165) is 10.9 Å². The predicted octanol–water partition coefficient (Wildman–Crippen LogP) is 3.41. The van der Waals surface area contributed by atoms with Crippen molar-refractivity contribution in [3.63, 3.8) is 0 Å². The molecule has 0 radical (unpaired) electrons. The average Bonchev–Trinajstić information content (AvgIpc) is 2.72. The summed E-state index contributed by atoms with van der Waals surface area (Å²) in [5.41, 5.74) is 0.982. The van der Waals surface area contributed by atoms with E-state index in [4.69, 9.17) is 11.6 Å². The predicted molar refractivity (Wildman–Crippen MR) is 65.7 cm³/mol. The molecule has 0 saturated heterocycles. The van der Waals surface area contributed by atoms with Crippen molar-refractivity contribution >= 4 is 33.0 Å². The minimum atomic E-state index is 0.361. The Bertz CT molecular complexity index is 650. The molecule has 0 bridgehead atoms. The topological polar surface area (TPSA) is 38.7 Å². The lowest BCUT2D eigenvalue weighted by molar-refractivity contribution is 0.982. The second-order valence-corrected chi connectivity index (χ2v) is 4.55. The second-order valence-electron chi connectivity index (χ2n) is 3.25. The first kappa shape index (κ1) is 9.69. The molecule has 0 aliphatic heterocycles. The highest BCUT2D eigenvalue weighted by molar-refractivity contribution is 7.17. The van der Waals surface area contributed by atoms with E-state index in [2.05, 4.69) is 21.2 Å². The maximum absolute atomic E-state index is 5.80. The number of thiophene rings is 1. The fourth-order valence-corrected chi connectivity index (χ4v) is 2.61. The zero-order valence-electron chi connectivity index (χ0n) is 8.09. The van der Waals surface area contributed by atoms with Gasteiger partial charge < -0.3 is 0 Å². The van der Waals surface area contributed by atoms with Gasteiger partial charge in [-0.2, -0.15) is 5.10 Å². The SMILES string of the molecule is Clc1cnnc(-c2csc3ccccc23)n1. The van der Waals surface area contributed by atoms with Gasteiger partial charge in [0.15, 0.2) is 11.0 Å². The number of nitrogens with zero attached hydrogens (tertiary/aromatic N) is 3. The molecule has 0 fully saturated rings. The number of rotatable bonds is 1. The molecule has 0 amide bonds. The first-order valence-electron chi connectivity index (χ1n) is 4.66. The molecule has 5 heteroatoms. The minimum Gasteiger partial charge on any atom is -0.213 e. The van der Waals surface area contributed by atoms with Crippen molar-refractivity contribution in [2.45, 2.75) is 0 Å². The van der Waals surface area contributed by atoms with Crippen LogP contribution in [0.2, 0.25) is 5.15 Å². The molecule has 1 aromatic carbocycles. The molecule has 0 atom stereocenters. The Labute approximate surface area is 101 Å². The summed E-state index contributed by atoms with van der Waals surface area (Å²) >= 11 is 7.47. The largest absolute Gasteiger partial charge is 0.213 e. The summed E-state index contributed by atoms with van der Waals surface area (Å²) in [6.45, 7) is 0. The summed E-state index contributed by atoms with van der Waals surface area (Å²) < 4.78 is 1.21. The molecule has 0 N–H and O–H groups in total. The Morgan fingerprint density at radius 1 is 1.19 bits per heavy atom. The Kier molecular flexibility index (Phi) is 2.31. The van der Waals surface area contributed by atoms with Crippen LogP contribution in [0, 0.1) is 0 Å². The van der Waals surface area contributed by atoms with E-state index < -0.39 is 0 Å². The van der Waals surface area contributed by atoms with E-state index in [9.17, 15) is 0 Å². The number of hydrogen-bond donors (Lipinski definition) is 0. The zero-order valence-corrected chi connectivity index (χ0v) is 9.66. The third kappa shape index (κ3) is 1.56. The van der Waals surface area contributed by atoms with Crippen molar-refractivity contribution < 1.29 is 0 Å². The monoisotopic (exact) mass is 247 g/mol. The van der Waals surface area contributed by atoms with E-state index >= 15 is 0 Å². The molecule has 3 nitrogen and oxygen atoms in total. The van der Waals surface area contributed by atoms with Gasteiger partial charge in [0.1, 0.15) is 0 Å². The maximum Gasteiger partial charge on any atom is 0.184 e. The van der Waals surface area contributed by atoms with Gasteiger partial charge in [-0.05, 0) is 6.07 Å². The Balaban J connectivity index is 2.26. The summed E-state index contributed by atoms with van der Waals surface area (Å²) in [7, 11) is 0. The van der Waals surface area contributed by atoms with Crippen molar-refractivity contribution in [1.29, 1.82) is 0 Å². The van der Waals surface area contributed by atoms with Gasteiger partial charge in [0.25, 0.3) is 0 Å². The van der Waals surface area contributed by atoms with Gasteiger partial charge in [0.2, 0.25) is 0 Å². The lowest BCUT2D eigenvalue weighted by Gasteiger charge is -1.96. The van der Waals surface area contributed by atoms with Gasteiger partial charge in [0.05, 0.1) is 6.20 Å². The maximum atomic E-state index is 5.80. The highest BCUT2D eigenvalue weighted by atomic mass is 35.5. The van der Waals surface area contributed by atoms with Crippen LogP contribution < -0.4 is 0 Å². The number of fused-ring (bicyclic) bond motifs is 1. The third-order valence-electron chi connectivity index (χ3n) is 2.25. The van der Waals surface area contributed by atoms with Crippen LogP contribution in [0.1, 0.15) is 0 Å². The number of halogens is 1. The highest BCUT2D eigenvalue weighted by Gasteiger charge is 2.09. The fraction of sp³-hybridized carbons (Fsp3) is 0. The van der Waals surface area contributed by atoms with Gasteiger partial charge in [0, 0.05) is 21.0 Å². The van der Waals surface area contributed by atoms with Gasteiger partial charge in [-0.1, -0.05) is 29.8 Å². The molecule has 0 unspecified atom stereocenters. The van der Waals surface area contributed by atoms with E-state index in [1.54, 1.807) is 11.3 Å². The van der Waals surface area contributed by atoms with Crippen molar-refractivity contribution in [3.05, 3.63) is 41.0 Å². The number of benzene rings is 1. The molecule has 0 aliphatic carbocycles. The molecule has 3 rings (SSSR count). The molecular formula is C11H6ClN3S. The van der Waals surface area contributed by atoms with Crippen LogP contribution in [0.25, 0.3) is 21.5 Å². The van der Waals surface area contributed by atoms with E-state index in [-0.39, 0.29) is 0 Å². The normalized spacial score (nSPS) is 10.8. The van der Waals surface area contributed by atoms with E-state index in [1.807, 2.05) is 23.6 Å². The summed E-state index contributed by atoms with van der Waals surface area (Å²) in [4.78, 5) is 4.16. The quantitative estimate of drug-likeness (QED) is 0.662. The highest BCUT2D eigenvalue weighted by Crippen LogP contribution is 2.31. The molecule has 2 aromatic heterocycles. The van der Waals surface area contributed by atoms with Crippen molar-refractivity contribution in [3.8, 4) is 11.4 Å². The van der Waals surface area contributed by atoms with Crippen LogP contribution in [-0.2, 0) is 0 Å². The molecule has 3 aromatic rings. The van der Waals surface area contributed by atoms with Crippen LogP contribution in [-0.4, -0.2) is 15.2 Å². The third-order valence-corrected chi connectivity index (χ3v) is 3.40. The lowest BCUT2D eigenvalue weighted by Crippen LogP contribution is -1.90. The van der Waals surface area contributed by atoms with E-state index in [0.29, 0.717) is 11.0 Å². The molecule has 16 heavy (non-hydrogen) atoms. The van der Waals surface area contributed by atoms with Gasteiger partial charge in [-0.15, -0.1) is 16.4 Å². The minimum absolute atomic E-state index is 0.361. The Morgan fingerprint density at radius 3 is 2.94 bits per heavy atom. The van der Waals surface area contributed by atoms with Crippen molar-refractivity contribution in [2.24, 2.45) is 0 Å². The van der Waals surface area contributed by atoms with Crippen LogP contribution >= 0.6 is 22.9 Å². The van der Waals surface area contributed by atoms with Crippen molar-refractivity contribution in [1.82, 2.24) is 15.2 Å². The van der Waals surface area contributed by atoms with Crippen LogP contribution in [0.3, 0.4) is 0 Å². The molecule has 0 aliphatic rings. The van der Waals surface area contributed by atoms with Crippen LogP contribution in [0.4, 0.5) is 0 Å². The standard InChI is InChI=1S/C11H6ClN3S/c12-10-5-13-15-11(14-10)8-6-16-9-4-2-1-3-7(8)9/h1-6H. The summed E-state index contributed by atoms with van der Waals surface area (Å²) in [5, 5.41) is 11.3. The summed E-state index contributed by atoms with van der Waals surface area (Å²) in [6.07, 6.45) is 1.43. The molecule has 0 spiro atoms. The van der Waals surface area contributed by atoms with Gasteiger partial charge >= 0.3 is 0 Å². The molecule has 2 heterocycles. The fourth-order valence-electron chi connectivity index (χ4n) is 1.55. The zero-order chi connectivity index (χ0) is 11.0. The Hall–Kier alpha value is -1.52. The smallest absolute Gasteiger partial charge is 0.184 e. The van der Waals surface area contributed by atoms with Crippen LogP contribution in [0.5, 0.6) is 0 Å². The van der Waals surface area contributed by atoms with Gasteiger partial charge in [-0.3, -0.25) is 0 Å². The summed E-state index contributed by atoms with van der Waals surface area (Å²) in [6, 6.07) is 8.13.